The Bertz CT molecular complexity index is 1040. The Hall–Kier alpha value is -3.06. The fraction of sp³-hybridized carbons (Fsp3) is 0.259. The van der Waals surface area contributed by atoms with Gasteiger partial charge in [0.25, 0.3) is 14.0 Å². The number of hydrogen-bond acceptors (Lipinski definition) is 4. The first-order valence-corrected chi connectivity index (χ1v) is 13.0. The Morgan fingerprint density at radius 1 is 0.939 bits per heavy atom. The van der Waals surface area contributed by atoms with Gasteiger partial charge >= 0.3 is 0 Å². The molecule has 6 heteroatoms. The third-order valence-electron chi connectivity index (χ3n) is 5.87. The van der Waals surface area contributed by atoms with E-state index in [1.807, 2.05) is 18.2 Å². The SMILES string of the molecule is CC(C)(C)[Si](OC/C=C(\CO)Cc1ccc([N+](=O)[O-])cc1)(c1ccccc1)c1ccccc1. The molecule has 0 heterocycles. The van der Waals surface area contributed by atoms with E-state index in [1.54, 1.807) is 12.1 Å². The molecule has 0 radical (unpaired) electrons. The van der Waals surface area contributed by atoms with Crippen molar-refractivity contribution in [2.45, 2.75) is 32.2 Å². The molecule has 3 rings (SSSR count). The van der Waals surface area contributed by atoms with Gasteiger partial charge in [-0.05, 0) is 33.0 Å². The molecule has 33 heavy (non-hydrogen) atoms. The molecule has 0 aromatic heterocycles. The predicted molar refractivity (Wildman–Crippen MR) is 136 cm³/mol. The van der Waals surface area contributed by atoms with Crippen LogP contribution >= 0.6 is 0 Å². The zero-order valence-electron chi connectivity index (χ0n) is 19.4. The molecule has 172 valence electrons. The average Bonchev–Trinajstić information content (AvgIpc) is 2.81. The van der Waals surface area contributed by atoms with Crippen LogP contribution in [0.25, 0.3) is 0 Å². The van der Waals surface area contributed by atoms with E-state index in [2.05, 4.69) is 69.3 Å². The zero-order chi connectivity index (χ0) is 23.9. The minimum atomic E-state index is -2.64. The van der Waals surface area contributed by atoms with Crippen LogP contribution in [0.2, 0.25) is 5.04 Å². The third kappa shape index (κ3) is 5.65. The van der Waals surface area contributed by atoms with Crippen molar-refractivity contribution >= 4 is 24.4 Å². The highest BCUT2D eigenvalue weighted by Gasteiger charge is 2.49. The summed E-state index contributed by atoms with van der Waals surface area (Å²) < 4.78 is 6.85. The van der Waals surface area contributed by atoms with E-state index < -0.39 is 13.2 Å². The maximum Gasteiger partial charge on any atom is 0.269 e. The summed E-state index contributed by atoms with van der Waals surface area (Å²) in [6.07, 6.45) is 2.46. The molecule has 0 unspecified atom stereocenters. The van der Waals surface area contributed by atoms with E-state index in [9.17, 15) is 15.2 Å². The molecule has 0 fully saturated rings. The lowest BCUT2D eigenvalue weighted by Gasteiger charge is -2.42. The van der Waals surface area contributed by atoms with Crippen molar-refractivity contribution in [3.05, 3.63) is 112 Å². The smallest absolute Gasteiger partial charge is 0.269 e. The van der Waals surface area contributed by atoms with Crippen molar-refractivity contribution in [1.82, 2.24) is 0 Å². The Kier molecular flexibility index (Phi) is 7.97. The summed E-state index contributed by atoms with van der Waals surface area (Å²) in [5.41, 5.74) is 1.79. The Morgan fingerprint density at radius 2 is 1.45 bits per heavy atom. The molecule has 3 aromatic rings. The molecule has 0 aliphatic heterocycles. The topological polar surface area (TPSA) is 72.6 Å². The molecule has 0 aliphatic rings. The second-order valence-electron chi connectivity index (χ2n) is 9.10. The normalized spacial score (nSPS) is 12.5. The molecule has 1 N–H and O–H groups in total. The highest BCUT2D eigenvalue weighted by Crippen LogP contribution is 2.36. The van der Waals surface area contributed by atoms with Gasteiger partial charge in [-0.3, -0.25) is 10.1 Å². The van der Waals surface area contributed by atoms with E-state index in [4.69, 9.17) is 4.43 Å². The average molecular weight is 462 g/mol. The molecular formula is C27H31NO4Si. The van der Waals surface area contributed by atoms with Crippen LogP contribution in [0.5, 0.6) is 0 Å². The molecule has 0 saturated carbocycles. The van der Waals surface area contributed by atoms with Crippen molar-refractivity contribution < 1.29 is 14.5 Å². The highest BCUT2D eigenvalue weighted by atomic mass is 28.4. The summed E-state index contributed by atoms with van der Waals surface area (Å²) >= 11 is 0. The Labute approximate surface area is 196 Å². The zero-order valence-corrected chi connectivity index (χ0v) is 20.4. The predicted octanol–water partition coefficient (Wildman–Crippen LogP) is 4.63. The number of aliphatic hydroxyl groups excluding tert-OH is 1. The fourth-order valence-electron chi connectivity index (χ4n) is 4.24. The molecule has 0 aliphatic carbocycles. The van der Waals surface area contributed by atoms with Gasteiger partial charge in [-0.2, -0.15) is 0 Å². The number of nitro groups is 1. The van der Waals surface area contributed by atoms with Gasteiger partial charge < -0.3 is 9.53 Å². The first-order valence-electron chi connectivity index (χ1n) is 11.0. The minimum Gasteiger partial charge on any atom is -0.404 e. The lowest BCUT2D eigenvalue weighted by Crippen LogP contribution is -2.66. The summed E-state index contributed by atoms with van der Waals surface area (Å²) in [7, 11) is -2.64. The summed E-state index contributed by atoms with van der Waals surface area (Å²) in [6, 6.07) is 27.3. The van der Waals surface area contributed by atoms with E-state index in [0.717, 1.165) is 11.1 Å². The molecule has 0 atom stereocenters. The molecular weight excluding hydrogens is 430 g/mol. The van der Waals surface area contributed by atoms with Gasteiger partial charge in [-0.1, -0.05) is 99.6 Å². The minimum absolute atomic E-state index is 0.0586. The maximum absolute atomic E-state index is 10.9. The van der Waals surface area contributed by atoms with Gasteiger partial charge in [-0.15, -0.1) is 0 Å². The van der Waals surface area contributed by atoms with Crippen molar-refractivity contribution in [2.75, 3.05) is 13.2 Å². The van der Waals surface area contributed by atoms with E-state index >= 15 is 0 Å². The maximum atomic E-state index is 10.9. The van der Waals surface area contributed by atoms with Gasteiger partial charge in [0, 0.05) is 12.1 Å². The van der Waals surface area contributed by atoms with Crippen LogP contribution in [0, 0.1) is 10.1 Å². The standard InChI is InChI=1S/C27H31NO4Si/c1-27(2,3)33(25-10-6-4-7-11-25,26-12-8-5-9-13-26)32-19-18-23(21-29)20-22-14-16-24(17-15-22)28(30)31/h4-18,29H,19-21H2,1-3H3/b23-18-. The first-order chi connectivity index (χ1) is 15.8. The number of benzene rings is 3. The molecule has 0 amide bonds. The fourth-order valence-corrected chi connectivity index (χ4v) is 8.73. The molecule has 5 nitrogen and oxygen atoms in total. The molecule has 0 bridgehead atoms. The highest BCUT2D eigenvalue weighted by molar-refractivity contribution is 6.99. The Balaban J connectivity index is 1.90. The van der Waals surface area contributed by atoms with Crippen LogP contribution in [-0.4, -0.2) is 31.6 Å². The monoisotopic (exact) mass is 461 g/mol. The number of nitro benzene ring substituents is 1. The summed E-state index contributed by atoms with van der Waals surface area (Å²) in [6.45, 7) is 6.96. The van der Waals surface area contributed by atoms with Crippen LogP contribution in [0.15, 0.2) is 96.6 Å². The molecule has 0 spiro atoms. The second-order valence-corrected chi connectivity index (χ2v) is 13.4. The van der Waals surface area contributed by atoms with Crippen LogP contribution in [0.3, 0.4) is 0 Å². The second kappa shape index (κ2) is 10.7. The Morgan fingerprint density at radius 3 is 1.88 bits per heavy atom. The van der Waals surface area contributed by atoms with Crippen molar-refractivity contribution in [3.63, 3.8) is 0 Å². The van der Waals surface area contributed by atoms with Gasteiger partial charge in [0.1, 0.15) is 0 Å². The number of non-ortho nitro benzene ring substituents is 1. The quantitative estimate of drug-likeness (QED) is 0.218. The number of rotatable bonds is 9. The van der Waals surface area contributed by atoms with Crippen LogP contribution in [-0.2, 0) is 10.8 Å². The summed E-state index contributed by atoms with van der Waals surface area (Å²) in [4.78, 5) is 10.5. The van der Waals surface area contributed by atoms with Gasteiger partial charge in [0.15, 0.2) is 0 Å². The summed E-state index contributed by atoms with van der Waals surface area (Å²) in [5.74, 6) is 0. The largest absolute Gasteiger partial charge is 0.404 e. The lowest BCUT2D eigenvalue weighted by molar-refractivity contribution is -0.384. The van der Waals surface area contributed by atoms with Crippen LogP contribution in [0.1, 0.15) is 26.3 Å². The van der Waals surface area contributed by atoms with E-state index in [0.29, 0.717) is 13.0 Å². The van der Waals surface area contributed by atoms with Gasteiger partial charge in [0.05, 0.1) is 18.1 Å². The lowest BCUT2D eigenvalue weighted by atomic mass is 10.1. The first kappa shape index (κ1) is 24.6. The van der Waals surface area contributed by atoms with E-state index in [1.165, 1.54) is 22.5 Å². The van der Waals surface area contributed by atoms with Crippen molar-refractivity contribution in [1.29, 1.82) is 0 Å². The van der Waals surface area contributed by atoms with Crippen molar-refractivity contribution in [3.8, 4) is 0 Å². The number of nitrogens with zero attached hydrogens (tertiary/aromatic N) is 1. The number of hydrogen-bond donors (Lipinski definition) is 1. The van der Waals surface area contributed by atoms with Gasteiger partial charge in [0.2, 0.25) is 0 Å². The molecule has 0 saturated heterocycles. The van der Waals surface area contributed by atoms with Crippen LogP contribution in [0.4, 0.5) is 5.69 Å². The van der Waals surface area contributed by atoms with Crippen LogP contribution < -0.4 is 10.4 Å². The van der Waals surface area contributed by atoms with E-state index in [-0.39, 0.29) is 17.3 Å². The number of aliphatic hydroxyl groups is 1. The molecule has 3 aromatic carbocycles. The summed E-state index contributed by atoms with van der Waals surface area (Å²) in [5, 5.41) is 23.1. The third-order valence-corrected chi connectivity index (χ3v) is 10.9. The van der Waals surface area contributed by atoms with Crippen molar-refractivity contribution in [2.24, 2.45) is 0 Å². The van der Waals surface area contributed by atoms with Gasteiger partial charge in [-0.25, -0.2) is 0 Å².